The number of hydrogen-bond acceptors (Lipinski definition) is 5. The second kappa shape index (κ2) is 7.83. The quantitative estimate of drug-likeness (QED) is 0.684. The van der Waals surface area contributed by atoms with Crippen LogP contribution in [0.2, 0.25) is 0 Å². The maximum Gasteiger partial charge on any atom is 0.287 e. The molecular weight excluding hydrogens is 302 g/mol. The van der Waals surface area contributed by atoms with Gasteiger partial charge in [0.2, 0.25) is 11.8 Å². The smallest absolute Gasteiger partial charge is 0.287 e. The third-order valence-corrected chi connectivity index (χ3v) is 2.95. The Labute approximate surface area is 132 Å². The summed E-state index contributed by atoms with van der Waals surface area (Å²) in [5.74, 6) is -0.609. The van der Waals surface area contributed by atoms with Crippen LogP contribution in [0.4, 0.5) is 0 Å². The molecule has 0 radical (unpaired) electrons. The monoisotopic (exact) mass is 319 g/mol. The van der Waals surface area contributed by atoms with Gasteiger partial charge in [-0.1, -0.05) is 0 Å². The molecule has 2 aromatic rings. The highest BCUT2D eigenvalue weighted by molar-refractivity contribution is 5.96. The molecule has 3 amide bonds. The van der Waals surface area contributed by atoms with Crippen molar-refractivity contribution in [1.82, 2.24) is 16.0 Å². The molecule has 23 heavy (non-hydrogen) atoms. The molecule has 0 fully saturated rings. The molecule has 0 bridgehead atoms. The number of carbonyl (C=O) groups excluding carboxylic acids is 3. The van der Waals surface area contributed by atoms with Crippen molar-refractivity contribution in [2.45, 2.75) is 19.5 Å². The van der Waals surface area contributed by atoms with E-state index < -0.39 is 17.9 Å². The highest BCUT2D eigenvalue weighted by Gasteiger charge is 2.18. The number of carbonyl (C=O) groups is 3. The van der Waals surface area contributed by atoms with E-state index in [0.717, 1.165) is 0 Å². The number of hydrogen-bond donors (Lipinski definition) is 3. The lowest BCUT2D eigenvalue weighted by Crippen LogP contribution is -2.47. The fourth-order valence-corrected chi connectivity index (χ4v) is 1.72. The van der Waals surface area contributed by atoms with Crippen LogP contribution in [0.5, 0.6) is 0 Å². The van der Waals surface area contributed by atoms with Crippen molar-refractivity contribution in [3.8, 4) is 0 Å². The molecule has 0 saturated heterocycles. The Balaban J connectivity index is 1.69. The third-order valence-electron chi connectivity index (χ3n) is 2.95. The van der Waals surface area contributed by atoms with Gasteiger partial charge in [-0.05, 0) is 31.2 Å². The molecule has 8 heteroatoms. The van der Waals surface area contributed by atoms with E-state index in [1.165, 1.54) is 25.5 Å². The van der Waals surface area contributed by atoms with Crippen LogP contribution in [0.25, 0.3) is 0 Å². The summed E-state index contributed by atoms with van der Waals surface area (Å²) in [6, 6.07) is 5.70. The molecule has 0 aliphatic heterocycles. The van der Waals surface area contributed by atoms with Gasteiger partial charge in [-0.25, -0.2) is 0 Å². The Kier molecular flexibility index (Phi) is 5.56. The second-order valence-corrected chi connectivity index (χ2v) is 4.75. The Morgan fingerprint density at radius 1 is 1.09 bits per heavy atom. The summed E-state index contributed by atoms with van der Waals surface area (Å²) in [4.78, 5) is 35.2. The van der Waals surface area contributed by atoms with Crippen LogP contribution >= 0.6 is 0 Å². The summed E-state index contributed by atoms with van der Waals surface area (Å²) >= 11 is 0. The molecule has 3 N–H and O–H groups in total. The molecule has 0 unspecified atom stereocenters. The molecule has 2 aromatic heterocycles. The molecule has 2 rings (SSSR count). The number of furan rings is 2. The first-order valence-electron chi connectivity index (χ1n) is 6.97. The van der Waals surface area contributed by atoms with E-state index in [2.05, 4.69) is 16.0 Å². The van der Waals surface area contributed by atoms with Crippen molar-refractivity contribution in [1.29, 1.82) is 0 Å². The van der Waals surface area contributed by atoms with Crippen LogP contribution in [0.15, 0.2) is 45.6 Å². The van der Waals surface area contributed by atoms with Gasteiger partial charge in [-0.2, -0.15) is 0 Å². The topological polar surface area (TPSA) is 114 Å². The van der Waals surface area contributed by atoms with Crippen LogP contribution in [0.3, 0.4) is 0 Å². The maximum absolute atomic E-state index is 11.8. The van der Waals surface area contributed by atoms with Crippen LogP contribution in [-0.4, -0.2) is 30.3 Å². The van der Waals surface area contributed by atoms with E-state index in [-0.39, 0.29) is 24.8 Å². The average Bonchev–Trinajstić information content (AvgIpc) is 3.22. The first kappa shape index (κ1) is 16.3. The van der Waals surface area contributed by atoms with Crippen LogP contribution in [0, 0.1) is 0 Å². The Morgan fingerprint density at radius 2 is 1.83 bits per heavy atom. The molecular formula is C15H17N3O5. The fourth-order valence-electron chi connectivity index (χ4n) is 1.72. The van der Waals surface area contributed by atoms with E-state index >= 15 is 0 Å². The molecule has 2 heterocycles. The van der Waals surface area contributed by atoms with Crippen LogP contribution in [0.1, 0.15) is 23.2 Å². The molecule has 0 saturated carbocycles. The fraction of sp³-hybridized carbons (Fsp3) is 0.267. The predicted octanol–water partition coefficient (Wildman–Crippen LogP) is 0.424. The van der Waals surface area contributed by atoms with Gasteiger partial charge in [-0.3, -0.25) is 14.4 Å². The summed E-state index contributed by atoms with van der Waals surface area (Å²) in [6.07, 6.45) is 2.87. The second-order valence-electron chi connectivity index (χ2n) is 4.75. The van der Waals surface area contributed by atoms with Gasteiger partial charge in [0.1, 0.15) is 11.8 Å². The molecule has 8 nitrogen and oxygen atoms in total. The van der Waals surface area contributed by atoms with E-state index in [9.17, 15) is 14.4 Å². The molecule has 0 spiro atoms. The zero-order chi connectivity index (χ0) is 16.7. The van der Waals surface area contributed by atoms with E-state index in [4.69, 9.17) is 8.83 Å². The Bertz CT molecular complexity index is 649. The van der Waals surface area contributed by atoms with Crippen molar-refractivity contribution in [3.05, 3.63) is 48.3 Å². The highest BCUT2D eigenvalue weighted by atomic mass is 16.3. The standard InChI is InChI=1S/C15H17N3O5/c1-10(18-15(21)12-5-3-7-23-12)14(20)17-9-13(19)16-8-11-4-2-6-22-11/h2-7,10H,8-9H2,1H3,(H,16,19)(H,17,20)(H,18,21)/t10-/m0/s1. The van der Waals surface area contributed by atoms with Crippen LogP contribution in [-0.2, 0) is 16.1 Å². The molecule has 0 aliphatic rings. The maximum atomic E-state index is 11.8. The average molecular weight is 319 g/mol. The first-order valence-corrected chi connectivity index (χ1v) is 6.97. The summed E-state index contributed by atoms with van der Waals surface area (Å²) in [5, 5.41) is 7.50. The minimum absolute atomic E-state index is 0.112. The Morgan fingerprint density at radius 3 is 2.48 bits per heavy atom. The van der Waals surface area contributed by atoms with Gasteiger partial charge in [0.25, 0.3) is 5.91 Å². The van der Waals surface area contributed by atoms with Gasteiger partial charge < -0.3 is 24.8 Å². The molecule has 122 valence electrons. The van der Waals surface area contributed by atoms with Crippen LogP contribution < -0.4 is 16.0 Å². The minimum atomic E-state index is -0.800. The van der Waals surface area contributed by atoms with Gasteiger partial charge in [0.15, 0.2) is 5.76 Å². The molecule has 1 atom stereocenters. The lowest BCUT2D eigenvalue weighted by Gasteiger charge is -2.13. The van der Waals surface area contributed by atoms with Gasteiger partial charge >= 0.3 is 0 Å². The lowest BCUT2D eigenvalue weighted by molar-refractivity contribution is -0.127. The van der Waals surface area contributed by atoms with Gasteiger partial charge in [0, 0.05) is 0 Å². The number of rotatable bonds is 7. The summed E-state index contributed by atoms with van der Waals surface area (Å²) < 4.78 is 9.99. The highest BCUT2D eigenvalue weighted by Crippen LogP contribution is 2.00. The van der Waals surface area contributed by atoms with Gasteiger partial charge in [0.05, 0.1) is 25.6 Å². The zero-order valence-corrected chi connectivity index (χ0v) is 12.5. The SMILES string of the molecule is C[C@H](NC(=O)c1ccco1)C(=O)NCC(=O)NCc1ccco1. The Hall–Kier alpha value is -3.03. The van der Waals surface area contributed by atoms with Crippen molar-refractivity contribution in [3.63, 3.8) is 0 Å². The minimum Gasteiger partial charge on any atom is -0.467 e. The van der Waals surface area contributed by atoms with E-state index in [1.807, 2.05) is 0 Å². The predicted molar refractivity (Wildman–Crippen MR) is 79.2 cm³/mol. The van der Waals surface area contributed by atoms with Crippen molar-refractivity contribution in [2.75, 3.05) is 6.54 Å². The number of nitrogens with one attached hydrogen (secondary N) is 3. The largest absolute Gasteiger partial charge is 0.467 e. The summed E-state index contributed by atoms with van der Waals surface area (Å²) in [6.45, 7) is 1.56. The third kappa shape index (κ3) is 5.03. The molecule has 0 aliphatic carbocycles. The number of amides is 3. The zero-order valence-electron chi connectivity index (χ0n) is 12.5. The summed E-state index contributed by atoms with van der Waals surface area (Å²) in [5.41, 5.74) is 0. The first-order chi connectivity index (χ1) is 11.1. The normalized spacial score (nSPS) is 11.5. The van der Waals surface area contributed by atoms with Crippen molar-refractivity contribution in [2.24, 2.45) is 0 Å². The lowest BCUT2D eigenvalue weighted by atomic mass is 10.3. The van der Waals surface area contributed by atoms with E-state index in [1.54, 1.807) is 18.2 Å². The molecule has 0 aromatic carbocycles. The van der Waals surface area contributed by atoms with E-state index in [0.29, 0.717) is 5.76 Å². The van der Waals surface area contributed by atoms with Crippen molar-refractivity contribution < 1.29 is 23.2 Å². The summed E-state index contributed by atoms with van der Waals surface area (Å²) in [7, 11) is 0. The van der Waals surface area contributed by atoms with Crippen molar-refractivity contribution >= 4 is 17.7 Å². The van der Waals surface area contributed by atoms with Gasteiger partial charge in [-0.15, -0.1) is 0 Å².